The lowest BCUT2D eigenvalue weighted by atomic mass is 10.1. The molecule has 2 heterocycles. The Kier molecular flexibility index (Phi) is 2.83. The van der Waals surface area contributed by atoms with Gasteiger partial charge in [0.2, 0.25) is 0 Å². The number of aromatic nitrogens is 1. The van der Waals surface area contributed by atoms with Gasteiger partial charge in [0.25, 0.3) is 11.7 Å². The summed E-state index contributed by atoms with van der Waals surface area (Å²) >= 11 is 0. The zero-order chi connectivity index (χ0) is 13.4. The lowest BCUT2D eigenvalue weighted by molar-refractivity contribution is -0.384. The Morgan fingerprint density at radius 1 is 1.42 bits per heavy atom. The van der Waals surface area contributed by atoms with Gasteiger partial charge in [-0.15, -0.1) is 0 Å². The van der Waals surface area contributed by atoms with Crippen LogP contribution in [0.2, 0.25) is 0 Å². The van der Waals surface area contributed by atoms with E-state index in [9.17, 15) is 10.1 Å². The Morgan fingerprint density at radius 3 is 2.84 bits per heavy atom. The van der Waals surface area contributed by atoms with Crippen molar-refractivity contribution in [2.75, 3.05) is 18.0 Å². The summed E-state index contributed by atoms with van der Waals surface area (Å²) in [6.45, 7) is 1.60. The van der Waals surface area contributed by atoms with E-state index in [0.29, 0.717) is 17.1 Å². The summed E-state index contributed by atoms with van der Waals surface area (Å²) in [6.07, 6.45) is 1.80. The fourth-order valence-corrected chi connectivity index (χ4v) is 2.24. The van der Waals surface area contributed by atoms with Gasteiger partial charge < -0.3 is 15.1 Å². The maximum atomic E-state index is 10.7. The van der Waals surface area contributed by atoms with E-state index in [2.05, 4.69) is 4.98 Å². The van der Waals surface area contributed by atoms with Crippen LogP contribution in [0.5, 0.6) is 0 Å². The van der Waals surface area contributed by atoms with Gasteiger partial charge in [0, 0.05) is 31.3 Å². The van der Waals surface area contributed by atoms with Crippen LogP contribution in [0.25, 0.3) is 11.1 Å². The summed E-state index contributed by atoms with van der Waals surface area (Å²) in [5, 5.41) is 10.7. The maximum Gasteiger partial charge on any atom is 0.298 e. The second kappa shape index (κ2) is 4.51. The molecule has 1 aromatic heterocycles. The first-order valence-corrected chi connectivity index (χ1v) is 6.19. The smallest absolute Gasteiger partial charge is 0.298 e. The number of hydrogen-bond donors (Lipinski definition) is 1. The normalized spacial score (nSPS) is 17.0. The second-order valence-corrected chi connectivity index (χ2v) is 4.73. The molecule has 7 heteroatoms. The minimum absolute atomic E-state index is 0.0213. The number of nitro groups is 1. The molecule has 0 radical (unpaired) electrons. The van der Waals surface area contributed by atoms with Gasteiger partial charge in [-0.25, -0.2) is 0 Å². The number of nitrogens with two attached hydrogens (primary N) is 1. The number of nitro benzene ring substituents is 1. The van der Waals surface area contributed by atoms with Crippen molar-refractivity contribution in [2.45, 2.75) is 18.9 Å². The number of piperidine rings is 1. The molecule has 2 aromatic rings. The Labute approximate surface area is 109 Å². The Balaban J connectivity index is 1.91. The molecular formula is C12H14N4O3. The van der Waals surface area contributed by atoms with Gasteiger partial charge in [0.1, 0.15) is 5.52 Å². The van der Waals surface area contributed by atoms with Crippen LogP contribution in [0.4, 0.5) is 11.7 Å². The predicted molar refractivity (Wildman–Crippen MR) is 70.1 cm³/mol. The Morgan fingerprint density at radius 2 is 2.16 bits per heavy atom. The molecule has 7 nitrogen and oxygen atoms in total. The summed E-state index contributed by atoms with van der Waals surface area (Å²) in [5.74, 6) is 0. The van der Waals surface area contributed by atoms with Crippen molar-refractivity contribution in [3.8, 4) is 0 Å². The van der Waals surface area contributed by atoms with E-state index in [4.69, 9.17) is 10.2 Å². The molecule has 19 heavy (non-hydrogen) atoms. The summed E-state index contributed by atoms with van der Waals surface area (Å²) in [7, 11) is 0. The molecule has 0 amide bonds. The molecule has 2 N–H and O–H groups in total. The third-order valence-electron chi connectivity index (χ3n) is 3.38. The number of hydrogen-bond acceptors (Lipinski definition) is 6. The summed E-state index contributed by atoms with van der Waals surface area (Å²) in [5.41, 5.74) is 6.95. The van der Waals surface area contributed by atoms with Crippen LogP contribution in [0.15, 0.2) is 22.6 Å². The van der Waals surface area contributed by atoms with E-state index >= 15 is 0 Å². The number of anilines is 1. The van der Waals surface area contributed by atoms with Gasteiger partial charge in [-0.1, -0.05) is 0 Å². The van der Waals surface area contributed by atoms with Crippen molar-refractivity contribution in [3.05, 3.63) is 28.3 Å². The zero-order valence-corrected chi connectivity index (χ0v) is 10.3. The molecule has 0 bridgehead atoms. The third kappa shape index (κ3) is 2.24. The molecule has 1 fully saturated rings. The fraction of sp³-hybridized carbons (Fsp3) is 0.417. The number of non-ortho nitro benzene ring substituents is 1. The van der Waals surface area contributed by atoms with Gasteiger partial charge in [0.15, 0.2) is 5.58 Å². The van der Waals surface area contributed by atoms with Crippen molar-refractivity contribution < 1.29 is 9.34 Å². The topological polar surface area (TPSA) is 98.4 Å². The highest BCUT2D eigenvalue weighted by Crippen LogP contribution is 2.26. The average Bonchev–Trinajstić information content (AvgIpc) is 2.82. The van der Waals surface area contributed by atoms with E-state index in [1.54, 1.807) is 6.07 Å². The average molecular weight is 262 g/mol. The molecule has 0 aliphatic carbocycles. The summed E-state index contributed by atoms with van der Waals surface area (Å²) in [6, 6.07) is 5.19. The van der Waals surface area contributed by atoms with Crippen LogP contribution in [0.3, 0.4) is 0 Å². The van der Waals surface area contributed by atoms with Crippen molar-refractivity contribution in [1.82, 2.24) is 4.98 Å². The van der Waals surface area contributed by atoms with Crippen LogP contribution >= 0.6 is 0 Å². The minimum Gasteiger partial charge on any atom is -0.423 e. The Bertz CT molecular complexity index is 616. The van der Waals surface area contributed by atoms with Crippen LogP contribution in [-0.2, 0) is 0 Å². The highest BCUT2D eigenvalue weighted by atomic mass is 16.6. The van der Waals surface area contributed by atoms with E-state index in [1.807, 2.05) is 4.90 Å². The van der Waals surface area contributed by atoms with Gasteiger partial charge in [-0.2, -0.15) is 4.98 Å². The highest BCUT2D eigenvalue weighted by molar-refractivity contribution is 5.77. The molecule has 0 atom stereocenters. The third-order valence-corrected chi connectivity index (χ3v) is 3.38. The molecule has 1 aliphatic rings. The molecule has 1 aromatic carbocycles. The highest BCUT2D eigenvalue weighted by Gasteiger charge is 2.21. The van der Waals surface area contributed by atoms with Crippen LogP contribution in [0, 0.1) is 10.1 Å². The molecule has 3 rings (SSSR count). The van der Waals surface area contributed by atoms with Gasteiger partial charge in [0.05, 0.1) is 4.92 Å². The van der Waals surface area contributed by atoms with Crippen molar-refractivity contribution in [1.29, 1.82) is 0 Å². The van der Waals surface area contributed by atoms with Crippen molar-refractivity contribution in [3.63, 3.8) is 0 Å². The van der Waals surface area contributed by atoms with Crippen LogP contribution in [-0.4, -0.2) is 29.0 Å². The molecule has 100 valence electrons. The van der Waals surface area contributed by atoms with Crippen molar-refractivity contribution >= 4 is 22.8 Å². The van der Waals surface area contributed by atoms with Crippen LogP contribution < -0.4 is 10.6 Å². The van der Waals surface area contributed by atoms with Gasteiger partial charge in [-0.3, -0.25) is 10.1 Å². The summed E-state index contributed by atoms with van der Waals surface area (Å²) < 4.78 is 5.63. The zero-order valence-electron chi connectivity index (χ0n) is 10.3. The standard InChI is InChI=1S/C12H14N4O3/c13-8-3-5-15(6-4-8)12-14-10-7-9(16(17)18)1-2-11(10)19-12/h1-2,7-8H,3-6,13H2. The molecule has 1 saturated heterocycles. The quantitative estimate of drug-likeness (QED) is 0.652. The summed E-state index contributed by atoms with van der Waals surface area (Å²) in [4.78, 5) is 16.6. The van der Waals surface area contributed by atoms with Crippen LogP contribution in [0.1, 0.15) is 12.8 Å². The number of fused-ring (bicyclic) bond motifs is 1. The number of benzene rings is 1. The van der Waals surface area contributed by atoms with E-state index < -0.39 is 4.92 Å². The minimum atomic E-state index is -0.437. The first-order valence-electron chi connectivity index (χ1n) is 6.19. The van der Waals surface area contributed by atoms with E-state index in [-0.39, 0.29) is 11.7 Å². The number of rotatable bonds is 2. The first-order chi connectivity index (χ1) is 9.13. The number of oxazole rings is 1. The SMILES string of the molecule is NC1CCN(c2nc3cc([N+](=O)[O-])ccc3o2)CC1. The van der Waals surface area contributed by atoms with Gasteiger partial charge >= 0.3 is 0 Å². The molecule has 0 saturated carbocycles. The van der Waals surface area contributed by atoms with Crippen molar-refractivity contribution in [2.24, 2.45) is 5.73 Å². The fourth-order valence-electron chi connectivity index (χ4n) is 2.24. The molecule has 0 unspecified atom stereocenters. The Hall–Kier alpha value is -2.15. The first kappa shape index (κ1) is 11.9. The number of nitrogens with zero attached hydrogens (tertiary/aromatic N) is 3. The lowest BCUT2D eigenvalue weighted by Crippen LogP contribution is -2.39. The molecule has 0 spiro atoms. The maximum absolute atomic E-state index is 10.7. The monoisotopic (exact) mass is 262 g/mol. The predicted octanol–water partition coefficient (Wildman–Crippen LogP) is 1.66. The van der Waals surface area contributed by atoms with Gasteiger partial charge in [-0.05, 0) is 18.9 Å². The lowest BCUT2D eigenvalue weighted by Gasteiger charge is -2.28. The molecule has 1 aliphatic heterocycles. The van der Waals surface area contributed by atoms with E-state index in [0.717, 1.165) is 25.9 Å². The van der Waals surface area contributed by atoms with E-state index in [1.165, 1.54) is 12.1 Å². The largest absolute Gasteiger partial charge is 0.423 e. The second-order valence-electron chi connectivity index (χ2n) is 4.73. The molecular weight excluding hydrogens is 248 g/mol.